The van der Waals surface area contributed by atoms with Crippen LogP contribution in [0.3, 0.4) is 0 Å². The molecule has 0 heterocycles. The monoisotopic (exact) mass is 263 g/mol. The second-order valence-electron chi connectivity index (χ2n) is 5.74. The van der Waals surface area contributed by atoms with Crippen molar-refractivity contribution in [2.45, 2.75) is 38.6 Å². The maximum atomic E-state index is 9.62. The first-order valence-corrected chi connectivity index (χ1v) is 7.17. The lowest BCUT2D eigenvalue weighted by molar-refractivity contribution is 0.125. The van der Waals surface area contributed by atoms with Gasteiger partial charge in [0.25, 0.3) is 0 Å². The van der Waals surface area contributed by atoms with Gasteiger partial charge in [-0.1, -0.05) is 25.0 Å². The van der Waals surface area contributed by atoms with E-state index in [-0.39, 0.29) is 11.5 Å². The van der Waals surface area contributed by atoms with E-state index in [1.165, 1.54) is 18.4 Å². The van der Waals surface area contributed by atoms with E-state index in [4.69, 9.17) is 4.74 Å². The van der Waals surface area contributed by atoms with E-state index in [1.54, 1.807) is 7.11 Å². The van der Waals surface area contributed by atoms with Gasteiger partial charge in [0.2, 0.25) is 0 Å². The zero-order valence-corrected chi connectivity index (χ0v) is 12.0. The van der Waals surface area contributed by atoms with Crippen molar-refractivity contribution in [2.75, 3.05) is 20.3 Å². The minimum absolute atomic E-state index is 0.104. The highest BCUT2D eigenvalue weighted by Crippen LogP contribution is 2.37. The van der Waals surface area contributed by atoms with Crippen LogP contribution in [0.2, 0.25) is 0 Å². The fourth-order valence-corrected chi connectivity index (χ4v) is 2.91. The molecule has 0 bridgehead atoms. The molecule has 1 aromatic rings. The number of ether oxygens (including phenoxy) is 1. The van der Waals surface area contributed by atoms with Crippen LogP contribution in [0, 0.1) is 5.41 Å². The molecule has 2 N–H and O–H groups in total. The summed E-state index contributed by atoms with van der Waals surface area (Å²) in [5.74, 6) is 0.892. The van der Waals surface area contributed by atoms with Crippen LogP contribution in [0.15, 0.2) is 24.3 Å². The summed E-state index contributed by atoms with van der Waals surface area (Å²) >= 11 is 0. The van der Waals surface area contributed by atoms with Crippen molar-refractivity contribution in [3.63, 3.8) is 0 Å². The van der Waals surface area contributed by atoms with Gasteiger partial charge in [-0.05, 0) is 37.5 Å². The molecule has 1 unspecified atom stereocenters. The van der Waals surface area contributed by atoms with E-state index in [9.17, 15) is 5.11 Å². The van der Waals surface area contributed by atoms with Crippen molar-refractivity contribution in [1.82, 2.24) is 5.32 Å². The molecule has 0 spiro atoms. The molecule has 0 saturated heterocycles. The smallest absolute Gasteiger partial charge is 0.119 e. The highest BCUT2D eigenvalue weighted by atomic mass is 16.5. The molecule has 0 radical (unpaired) electrons. The van der Waals surface area contributed by atoms with E-state index in [0.29, 0.717) is 6.61 Å². The van der Waals surface area contributed by atoms with Crippen molar-refractivity contribution in [3.05, 3.63) is 29.8 Å². The van der Waals surface area contributed by atoms with Gasteiger partial charge in [-0.2, -0.15) is 0 Å². The Balaban J connectivity index is 1.94. The van der Waals surface area contributed by atoms with Crippen LogP contribution in [0.4, 0.5) is 0 Å². The number of hydrogen-bond acceptors (Lipinski definition) is 3. The molecule has 1 saturated carbocycles. The average Bonchev–Trinajstić information content (AvgIpc) is 2.94. The first kappa shape index (κ1) is 14.4. The van der Waals surface area contributed by atoms with Gasteiger partial charge in [-0.3, -0.25) is 0 Å². The zero-order chi connectivity index (χ0) is 13.7. The number of aliphatic hydroxyl groups is 1. The molecule has 0 aromatic heterocycles. The number of hydrogen-bond donors (Lipinski definition) is 2. The van der Waals surface area contributed by atoms with Gasteiger partial charge >= 0.3 is 0 Å². The normalized spacial score (nSPS) is 19.3. The number of benzene rings is 1. The molecule has 0 aliphatic heterocycles. The van der Waals surface area contributed by atoms with E-state index >= 15 is 0 Å². The molecule has 1 aliphatic rings. The summed E-state index contributed by atoms with van der Waals surface area (Å²) in [4.78, 5) is 0. The Labute approximate surface area is 116 Å². The standard InChI is InChI=1S/C16H25NO2/c1-13(14-6-5-7-15(10-14)19-2)17-11-16(12-18)8-3-4-9-16/h5-7,10,13,17-18H,3-4,8-9,11-12H2,1-2H3. The summed E-state index contributed by atoms with van der Waals surface area (Å²) in [6.45, 7) is 3.35. The lowest BCUT2D eigenvalue weighted by atomic mass is 9.87. The van der Waals surface area contributed by atoms with Crippen molar-refractivity contribution >= 4 is 0 Å². The summed E-state index contributed by atoms with van der Waals surface area (Å²) in [5, 5.41) is 13.2. The van der Waals surface area contributed by atoms with Crippen molar-refractivity contribution in [3.8, 4) is 5.75 Å². The topological polar surface area (TPSA) is 41.5 Å². The van der Waals surface area contributed by atoms with Crippen LogP contribution >= 0.6 is 0 Å². The summed E-state index contributed by atoms with van der Waals surface area (Å²) in [6, 6.07) is 8.43. The SMILES string of the molecule is COc1cccc(C(C)NCC2(CO)CCCC2)c1. The van der Waals surface area contributed by atoms with E-state index in [2.05, 4.69) is 24.4 Å². The van der Waals surface area contributed by atoms with Crippen molar-refractivity contribution in [1.29, 1.82) is 0 Å². The predicted octanol–water partition coefficient (Wildman–Crippen LogP) is 2.90. The highest BCUT2D eigenvalue weighted by molar-refractivity contribution is 5.30. The molecular weight excluding hydrogens is 238 g/mol. The molecule has 3 nitrogen and oxygen atoms in total. The van der Waals surface area contributed by atoms with E-state index in [0.717, 1.165) is 25.1 Å². The van der Waals surface area contributed by atoms with Crippen LogP contribution in [-0.2, 0) is 0 Å². The maximum absolute atomic E-state index is 9.62. The third-order valence-electron chi connectivity index (χ3n) is 4.38. The summed E-state index contributed by atoms with van der Waals surface area (Å²) in [7, 11) is 1.69. The van der Waals surface area contributed by atoms with Gasteiger partial charge in [-0.25, -0.2) is 0 Å². The minimum atomic E-state index is 0.104. The van der Waals surface area contributed by atoms with Gasteiger partial charge in [-0.15, -0.1) is 0 Å². The lowest BCUT2D eigenvalue weighted by Crippen LogP contribution is -2.36. The third-order valence-corrected chi connectivity index (χ3v) is 4.38. The van der Waals surface area contributed by atoms with Crippen LogP contribution in [0.5, 0.6) is 5.75 Å². The quantitative estimate of drug-likeness (QED) is 0.829. The number of methoxy groups -OCH3 is 1. The molecule has 2 rings (SSSR count). The van der Waals surface area contributed by atoms with E-state index < -0.39 is 0 Å². The minimum Gasteiger partial charge on any atom is -0.497 e. The first-order chi connectivity index (χ1) is 9.19. The summed E-state index contributed by atoms with van der Waals surface area (Å²) < 4.78 is 5.26. The van der Waals surface area contributed by atoms with E-state index in [1.807, 2.05) is 12.1 Å². The predicted molar refractivity (Wildman–Crippen MR) is 77.4 cm³/mol. The molecule has 1 aromatic carbocycles. The van der Waals surface area contributed by atoms with Crippen LogP contribution in [-0.4, -0.2) is 25.4 Å². The van der Waals surface area contributed by atoms with Crippen molar-refractivity contribution < 1.29 is 9.84 Å². The fourth-order valence-electron chi connectivity index (χ4n) is 2.91. The second kappa shape index (κ2) is 6.40. The fraction of sp³-hybridized carbons (Fsp3) is 0.625. The summed E-state index contributed by atoms with van der Waals surface area (Å²) in [6.07, 6.45) is 4.77. The number of aliphatic hydroxyl groups excluding tert-OH is 1. The van der Waals surface area contributed by atoms with Gasteiger partial charge in [0.1, 0.15) is 5.75 Å². The first-order valence-electron chi connectivity index (χ1n) is 7.17. The summed E-state index contributed by atoms with van der Waals surface area (Å²) in [5.41, 5.74) is 1.33. The largest absolute Gasteiger partial charge is 0.497 e. The van der Waals surface area contributed by atoms with Crippen LogP contribution < -0.4 is 10.1 Å². The molecule has 1 atom stereocenters. The Hall–Kier alpha value is -1.06. The Morgan fingerprint density at radius 3 is 2.74 bits per heavy atom. The molecule has 1 aliphatic carbocycles. The Morgan fingerprint density at radius 1 is 1.37 bits per heavy atom. The van der Waals surface area contributed by atoms with Crippen molar-refractivity contribution in [2.24, 2.45) is 5.41 Å². The Kier molecular flexibility index (Phi) is 4.83. The number of nitrogens with one attached hydrogen (secondary N) is 1. The molecule has 0 amide bonds. The highest BCUT2D eigenvalue weighted by Gasteiger charge is 2.33. The van der Waals surface area contributed by atoms with Gasteiger partial charge in [0.15, 0.2) is 0 Å². The van der Waals surface area contributed by atoms with Crippen LogP contribution in [0.25, 0.3) is 0 Å². The zero-order valence-electron chi connectivity index (χ0n) is 12.0. The second-order valence-corrected chi connectivity index (χ2v) is 5.74. The molecule has 19 heavy (non-hydrogen) atoms. The maximum Gasteiger partial charge on any atom is 0.119 e. The molecule has 3 heteroatoms. The molecule has 1 fully saturated rings. The third kappa shape index (κ3) is 3.48. The van der Waals surface area contributed by atoms with Crippen LogP contribution in [0.1, 0.15) is 44.2 Å². The Bertz CT molecular complexity index is 399. The average molecular weight is 263 g/mol. The molecular formula is C16H25NO2. The van der Waals surface area contributed by atoms with Gasteiger partial charge in [0.05, 0.1) is 7.11 Å². The molecule has 106 valence electrons. The van der Waals surface area contributed by atoms with Gasteiger partial charge < -0.3 is 15.2 Å². The number of rotatable bonds is 6. The Morgan fingerprint density at radius 2 is 2.11 bits per heavy atom. The lowest BCUT2D eigenvalue weighted by Gasteiger charge is -2.29. The van der Waals surface area contributed by atoms with Gasteiger partial charge in [0, 0.05) is 24.6 Å².